The first-order valence-corrected chi connectivity index (χ1v) is 7.72. The number of fused-ring (bicyclic) bond motifs is 1. The Morgan fingerprint density at radius 3 is 3.04 bits per heavy atom. The second kappa shape index (κ2) is 6.74. The van der Waals surface area contributed by atoms with E-state index in [9.17, 15) is 9.50 Å². The number of rotatable bonds is 4. The van der Waals surface area contributed by atoms with E-state index in [0.717, 1.165) is 13.0 Å². The van der Waals surface area contributed by atoms with Gasteiger partial charge in [-0.2, -0.15) is 0 Å². The average Bonchev–Trinajstić information content (AvgIpc) is 2.56. The summed E-state index contributed by atoms with van der Waals surface area (Å²) in [6, 6.07) is 3.31. The van der Waals surface area contributed by atoms with E-state index in [1.165, 1.54) is 13.3 Å². The van der Waals surface area contributed by atoms with Crippen molar-refractivity contribution in [3.63, 3.8) is 0 Å². The molecule has 0 saturated carbocycles. The number of hydrogen-bond acceptors (Lipinski definition) is 6. The molecule has 0 unspecified atom stereocenters. The summed E-state index contributed by atoms with van der Waals surface area (Å²) >= 11 is 0. The number of likely N-dealkylation sites (tertiary alicyclic amines) is 1. The molecule has 0 aliphatic carbocycles. The lowest BCUT2D eigenvalue weighted by Crippen LogP contribution is -2.50. The van der Waals surface area contributed by atoms with Crippen LogP contribution in [0.15, 0.2) is 18.3 Å². The molecule has 1 fully saturated rings. The molecule has 0 radical (unpaired) electrons. The van der Waals surface area contributed by atoms with Crippen molar-refractivity contribution >= 4 is 11.0 Å². The number of nitrogens with zero attached hydrogens (tertiary/aromatic N) is 3. The van der Waals surface area contributed by atoms with Gasteiger partial charge in [0.15, 0.2) is 0 Å². The van der Waals surface area contributed by atoms with Crippen LogP contribution in [0.2, 0.25) is 0 Å². The van der Waals surface area contributed by atoms with E-state index in [1.54, 1.807) is 12.1 Å². The summed E-state index contributed by atoms with van der Waals surface area (Å²) in [4.78, 5) is 10.5. The van der Waals surface area contributed by atoms with Gasteiger partial charge < -0.3 is 20.5 Å². The second-order valence-corrected chi connectivity index (χ2v) is 5.88. The summed E-state index contributed by atoms with van der Waals surface area (Å²) in [6.45, 7) is 1.96. The van der Waals surface area contributed by atoms with Crippen LogP contribution < -0.4 is 10.5 Å². The fraction of sp³-hybridized carbons (Fsp3) is 0.500. The fourth-order valence-electron chi connectivity index (χ4n) is 2.92. The molecule has 2 atom stereocenters. The van der Waals surface area contributed by atoms with Crippen LogP contribution in [-0.2, 0) is 6.42 Å². The van der Waals surface area contributed by atoms with Gasteiger partial charge in [0.2, 0.25) is 5.88 Å². The quantitative estimate of drug-likeness (QED) is 0.863. The highest BCUT2D eigenvalue weighted by Crippen LogP contribution is 2.22. The summed E-state index contributed by atoms with van der Waals surface area (Å²) in [5.74, 6) is 0.0676. The van der Waals surface area contributed by atoms with Gasteiger partial charge in [0.05, 0.1) is 30.4 Å². The van der Waals surface area contributed by atoms with Crippen LogP contribution in [0.5, 0.6) is 5.88 Å². The van der Waals surface area contributed by atoms with Gasteiger partial charge in [0.25, 0.3) is 0 Å². The van der Waals surface area contributed by atoms with Crippen molar-refractivity contribution in [2.24, 2.45) is 5.73 Å². The number of piperidine rings is 1. The highest BCUT2D eigenvalue weighted by atomic mass is 19.1. The lowest BCUT2D eigenvalue weighted by atomic mass is 10.0. The first kappa shape index (κ1) is 16.0. The minimum atomic E-state index is -0.527. The monoisotopic (exact) mass is 320 g/mol. The number of halogens is 1. The van der Waals surface area contributed by atoms with Crippen LogP contribution in [0.4, 0.5) is 4.39 Å². The Bertz CT molecular complexity index is 697. The van der Waals surface area contributed by atoms with Crippen molar-refractivity contribution in [2.75, 3.05) is 26.7 Å². The van der Waals surface area contributed by atoms with E-state index in [1.807, 2.05) is 0 Å². The van der Waals surface area contributed by atoms with E-state index in [4.69, 9.17) is 10.5 Å². The Hall–Kier alpha value is -1.83. The van der Waals surface area contributed by atoms with Crippen molar-refractivity contribution < 1.29 is 14.2 Å². The first-order valence-electron chi connectivity index (χ1n) is 7.72. The van der Waals surface area contributed by atoms with Crippen LogP contribution in [0.1, 0.15) is 12.0 Å². The Balaban J connectivity index is 1.80. The molecule has 1 saturated heterocycles. The molecule has 0 spiro atoms. The minimum absolute atomic E-state index is 0.171. The molecule has 3 rings (SSSR count). The maximum Gasteiger partial charge on any atom is 0.213 e. The highest BCUT2D eigenvalue weighted by Gasteiger charge is 2.24. The summed E-state index contributed by atoms with van der Waals surface area (Å²) in [7, 11) is 1.53. The zero-order valence-electron chi connectivity index (χ0n) is 13.1. The van der Waals surface area contributed by atoms with Crippen molar-refractivity contribution in [1.82, 2.24) is 14.9 Å². The van der Waals surface area contributed by atoms with E-state index in [2.05, 4.69) is 14.9 Å². The molecule has 0 bridgehead atoms. The van der Waals surface area contributed by atoms with E-state index < -0.39 is 6.10 Å². The second-order valence-electron chi connectivity index (χ2n) is 5.88. The van der Waals surface area contributed by atoms with Crippen molar-refractivity contribution in [3.8, 4) is 5.88 Å². The molecule has 7 heteroatoms. The maximum absolute atomic E-state index is 14.2. The van der Waals surface area contributed by atoms with Gasteiger partial charge >= 0.3 is 0 Å². The Morgan fingerprint density at radius 1 is 1.48 bits per heavy atom. The predicted molar refractivity (Wildman–Crippen MR) is 84.8 cm³/mol. The molecule has 0 amide bonds. The standard InChI is InChI=1S/C16H21FN4O2/c1-23-15-3-2-13-16(20-15)10(11(17)8-19-13)4-6-21-7-5-12(18)14(22)9-21/h2-3,8,12,14,22H,4-7,9,18H2,1H3/t12-,14-/m0/s1. The molecule has 3 heterocycles. The SMILES string of the molecule is COc1ccc2ncc(F)c(CCN3CC[C@H](N)[C@@H](O)C3)c2n1. The van der Waals surface area contributed by atoms with Crippen molar-refractivity contribution in [1.29, 1.82) is 0 Å². The topological polar surface area (TPSA) is 84.5 Å². The molecular formula is C16H21FN4O2. The number of nitrogens with two attached hydrogens (primary N) is 1. The number of aliphatic hydroxyl groups excluding tert-OH is 1. The first-order chi connectivity index (χ1) is 11.1. The lowest BCUT2D eigenvalue weighted by molar-refractivity contribution is 0.0541. The molecule has 23 heavy (non-hydrogen) atoms. The van der Waals surface area contributed by atoms with Crippen molar-refractivity contribution in [2.45, 2.75) is 25.0 Å². The lowest BCUT2D eigenvalue weighted by Gasteiger charge is -2.34. The maximum atomic E-state index is 14.2. The number of pyridine rings is 2. The van der Waals surface area contributed by atoms with E-state index in [-0.39, 0.29) is 11.9 Å². The van der Waals surface area contributed by atoms with Gasteiger partial charge in [-0.15, -0.1) is 0 Å². The average molecular weight is 320 g/mol. The summed E-state index contributed by atoms with van der Waals surface area (Å²) in [6.07, 6.45) is 1.94. The normalized spacial score (nSPS) is 22.4. The molecule has 2 aromatic rings. The molecular weight excluding hydrogens is 299 g/mol. The predicted octanol–water partition coefficient (Wildman–Crippen LogP) is 0.714. The zero-order chi connectivity index (χ0) is 16.4. The molecule has 1 aliphatic heterocycles. The van der Waals surface area contributed by atoms with E-state index in [0.29, 0.717) is 42.0 Å². The number of hydrogen-bond donors (Lipinski definition) is 2. The molecule has 6 nitrogen and oxygen atoms in total. The Morgan fingerprint density at radius 2 is 2.30 bits per heavy atom. The minimum Gasteiger partial charge on any atom is -0.481 e. The fourth-order valence-corrected chi connectivity index (χ4v) is 2.92. The largest absolute Gasteiger partial charge is 0.481 e. The number of β-amino-alcohol motifs (C(OH)–C–C–N with tert-alkyl or cyclic N) is 1. The van der Waals surface area contributed by atoms with Gasteiger partial charge in [-0.1, -0.05) is 0 Å². The van der Waals surface area contributed by atoms with Gasteiger partial charge in [0, 0.05) is 30.8 Å². The Labute approximate surface area is 134 Å². The molecule has 124 valence electrons. The molecule has 0 aromatic carbocycles. The zero-order valence-corrected chi connectivity index (χ0v) is 13.1. The third kappa shape index (κ3) is 3.41. The van der Waals surface area contributed by atoms with Gasteiger partial charge in [-0.25, -0.2) is 9.37 Å². The van der Waals surface area contributed by atoms with Crippen LogP contribution >= 0.6 is 0 Å². The summed E-state index contributed by atoms with van der Waals surface area (Å²) in [5.41, 5.74) is 7.50. The van der Waals surface area contributed by atoms with Crippen molar-refractivity contribution in [3.05, 3.63) is 29.7 Å². The number of aromatic nitrogens is 2. The number of methoxy groups -OCH3 is 1. The third-order valence-electron chi connectivity index (χ3n) is 4.34. The van der Waals surface area contributed by atoms with Crippen LogP contribution in [0, 0.1) is 5.82 Å². The van der Waals surface area contributed by atoms with Crippen LogP contribution in [0.25, 0.3) is 11.0 Å². The van der Waals surface area contributed by atoms with Gasteiger partial charge in [-0.05, 0) is 25.5 Å². The van der Waals surface area contributed by atoms with Gasteiger partial charge in [-0.3, -0.25) is 4.98 Å². The molecule has 3 N–H and O–H groups in total. The highest BCUT2D eigenvalue weighted by molar-refractivity contribution is 5.78. The van der Waals surface area contributed by atoms with Crippen LogP contribution in [0.3, 0.4) is 0 Å². The number of ether oxygens (including phenoxy) is 1. The number of aliphatic hydroxyl groups is 1. The van der Waals surface area contributed by atoms with Gasteiger partial charge in [0.1, 0.15) is 5.82 Å². The third-order valence-corrected chi connectivity index (χ3v) is 4.34. The summed E-state index contributed by atoms with van der Waals surface area (Å²) in [5, 5.41) is 9.86. The smallest absolute Gasteiger partial charge is 0.213 e. The summed E-state index contributed by atoms with van der Waals surface area (Å²) < 4.78 is 19.3. The van der Waals surface area contributed by atoms with Crippen LogP contribution in [-0.4, -0.2) is 58.9 Å². The van der Waals surface area contributed by atoms with E-state index >= 15 is 0 Å². The molecule has 2 aromatic heterocycles. The Kier molecular flexibility index (Phi) is 4.70. The molecule has 1 aliphatic rings.